The van der Waals surface area contributed by atoms with Gasteiger partial charge in [-0.3, -0.25) is 10.1 Å². The first-order chi connectivity index (χ1) is 8.03. The van der Waals surface area contributed by atoms with E-state index in [0.29, 0.717) is 0 Å². The van der Waals surface area contributed by atoms with Crippen LogP contribution in [0.2, 0.25) is 0 Å². The minimum atomic E-state index is -0.968. The van der Waals surface area contributed by atoms with Gasteiger partial charge in [0.2, 0.25) is 5.91 Å². The number of hydrogen-bond acceptors (Lipinski definition) is 3. The third-order valence-corrected chi connectivity index (χ3v) is 2.58. The van der Waals surface area contributed by atoms with Crippen molar-refractivity contribution in [3.05, 3.63) is 35.9 Å². The fourth-order valence-electron chi connectivity index (χ4n) is 1.92. The minimum Gasteiger partial charge on any atom is -0.382 e. The summed E-state index contributed by atoms with van der Waals surface area (Å²) in [7, 11) is 1.56. The van der Waals surface area contributed by atoms with Gasteiger partial charge >= 0.3 is 0 Å². The van der Waals surface area contributed by atoms with Gasteiger partial charge in [0.05, 0.1) is 6.61 Å². The van der Waals surface area contributed by atoms with Gasteiger partial charge in [0, 0.05) is 13.2 Å². The van der Waals surface area contributed by atoms with Crippen LogP contribution in [0.1, 0.15) is 19.4 Å². The summed E-state index contributed by atoms with van der Waals surface area (Å²) < 4.78 is 5.16. The second-order valence-electron chi connectivity index (χ2n) is 4.37. The fraction of sp³-hybridized carbons (Fsp3) is 0.462. The van der Waals surface area contributed by atoms with E-state index in [4.69, 9.17) is 10.5 Å². The monoisotopic (exact) mass is 236 g/mol. The van der Waals surface area contributed by atoms with E-state index < -0.39 is 11.4 Å². The molecular weight excluding hydrogens is 216 g/mol. The SMILES string of the molecule is COCC(NC(C)C)(C(N)=O)c1ccccc1. The van der Waals surface area contributed by atoms with Gasteiger partial charge < -0.3 is 10.5 Å². The molecule has 1 unspecified atom stereocenters. The maximum atomic E-state index is 11.8. The van der Waals surface area contributed by atoms with Crippen LogP contribution in [0.5, 0.6) is 0 Å². The van der Waals surface area contributed by atoms with Crippen LogP contribution in [0, 0.1) is 0 Å². The molecule has 3 N–H and O–H groups in total. The summed E-state index contributed by atoms with van der Waals surface area (Å²) in [6.45, 7) is 4.15. The van der Waals surface area contributed by atoms with Crippen LogP contribution < -0.4 is 11.1 Å². The first-order valence-corrected chi connectivity index (χ1v) is 5.65. The second-order valence-corrected chi connectivity index (χ2v) is 4.37. The molecular formula is C13H20N2O2. The van der Waals surface area contributed by atoms with Crippen molar-refractivity contribution >= 4 is 5.91 Å². The van der Waals surface area contributed by atoms with E-state index >= 15 is 0 Å². The summed E-state index contributed by atoms with van der Waals surface area (Å²) in [5, 5.41) is 3.21. The predicted molar refractivity (Wildman–Crippen MR) is 67.5 cm³/mol. The summed E-state index contributed by atoms with van der Waals surface area (Å²) in [5.74, 6) is -0.431. The van der Waals surface area contributed by atoms with E-state index in [2.05, 4.69) is 5.32 Å². The topological polar surface area (TPSA) is 64.3 Å². The van der Waals surface area contributed by atoms with Crippen molar-refractivity contribution in [1.29, 1.82) is 0 Å². The van der Waals surface area contributed by atoms with Gasteiger partial charge in [0.1, 0.15) is 5.54 Å². The summed E-state index contributed by atoms with van der Waals surface area (Å²) >= 11 is 0. The van der Waals surface area contributed by atoms with E-state index in [9.17, 15) is 4.79 Å². The van der Waals surface area contributed by atoms with Crippen molar-refractivity contribution in [2.45, 2.75) is 25.4 Å². The number of carbonyl (C=O) groups is 1. The van der Waals surface area contributed by atoms with E-state index in [1.807, 2.05) is 44.2 Å². The third-order valence-electron chi connectivity index (χ3n) is 2.58. The molecule has 0 saturated carbocycles. The number of ether oxygens (including phenoxy) is 1. The largest absolute Gasteiger partial charge is 0.382 e. The van der Waals surface area contributed by atoms with E-state index in [1.54, 1.807) is 7.11 Å². The van der Waals surface area contributed by atoms with Crippen LogP contribution in [-0.2, 0) is 15.1 Å². The maximum Gasteiger partial charge on any atom is 0.244 e. The van der Waals surface area contributed by atoms with Crippen molar-refractivity contribution in [2.75, 3.05) is 13.7 Å². The lowest BCUT2D eigenvalue weighted by Crippen LogP contribution is -2.57. The summed E-state index contributed by atoms with van der Waals surface area (Å²) in [6.07, 6.45) is 0. The number of carbonyl (C=O) groups excluding carboxylic acids is 1. The standard InChI is InChI=1S/C13H20N2O2/c1-10(2)15-13(9-17-3,12(14)16)11-7-5-4-6-8-11/h4-8,10,15H,9H2,1-3H3,(H2,14,16). The average Bonchev–Trinajstić information content (AvgIpc) is 2.28. The zero-order valence-electron chi connectivity index (χ0n) is 10.6. The number of amides is 1. The summed E-state index contributed by atoms with van der Waals surface area (Å²) in [6, 6.07) is 9.53. The number of nitrogens with one attached hydrogen (secondary N) is 1. The highest BCUT2D eigenvalue weighted by Gasteiger charge is 2.38. The lowest BCUT2D eigenvalue weighted by Gasteiger charge is -2.33. The van der Waals surface area contributed by atoms with E-state index in [-0.39, 0.29) is 12.6 Å². The first kappa shape index (κ1) is 13.7. The third kappa shape index (κ3) is 3.05. The molecule has 0 aliphatic carbocycles. The molecule has 1 rings (SSSR count). The molecule has 94 valence electrons. The molecule has 1 atom stereocenters. The molecule has 17 heavy (non-hydrogen) atoms. The minimum absolute atomic E-state index is 0.123. The van der Waals surface area contributed by atoms with Crippen molar-refractivity contribution in [3.63, 3.8) is 0 Å². The average molecular weight is 236 g/mol. The molecule has 0 aliphatic rings. The Bertz CT molecular complexity index is 365. The Morgan fingerprint density at radius 1 is 1.41 bits per heavy atom. The number of methoxy groups -OCH3 is 1. The summed E-state index contributed by atoms with van der Waals surface area (Å²) in [5.41, 5.74) is 5.41. The molecule has 1 amide bonds. The molecule has 0 aliphatic heterocycles. The molecule has 1 aromatic carbocycles. The molecule has 0 bridgehead atoms. The van der Waals surface area contributed by atoms with Crippen LogP contribution in [-0.4, -0.2) is 25.7 Å². The Morgan fingerprint density at radius 3 is 2.41 bits per heavy atom. The Balaban J connectivity index is 3.19. The molecule has 0 radical (unpaired) electrons. The Labute approximate surface area is 102 Å². The fourth-order valence-corrected chi connectivity index (χ4v) is 1.92. The van der Waals surface area contributed by atoms with Crippen molar-refractivity contribution < 1.29 is 9.53 Å². The number of benzene rings is 1. The number of hydrogen-bond donors (Lipinski definition) is 2. The second kappa shape index (κ2) is 5.80. The highest BCUT2D eigenvalue weighted by molar-refractivity contribution is 5.86. The van der Waals surface area contributed by atoms with Gasteiger partial charge in [-0.25, -0.2) is 0 Å². The van der Waals surface area contributed by atoms with Crippen molar-refractivity contribution in [2.24, 2.45) is 5.73 Å². The van der Waals surface area contributed by atoms with Gasteiger partial charge in [-0.2, -0.15) is 0 Å². The van der Waals surface area contributed by atoms with Gasteiger partial charge in [-0.05, 0) is 19.4 Å². The molecule has 0 spiro atoms. The number of nitrogens with two attached hydrogens (primary N) is 1. The molecule has 0 fully saturated rings. The van der Waals surface area contributed by atoms with Crippen LogP contribution in [0.25, 0.3) is 0 Å². The Hall–Kier alpha value is -1.39. The van der Waals surface area contributed by atoms with Crippen LogP contribution in [0.15, 0.2) is 30.3 Å². The zero-order chi connectivity index (χ0) is 12.9. The molecule has 4 nitrogen and oxygen atoms in total. The highest BCUT2D eigenvalue weighted by Crippen LogP contribution is 2.22. The Morgan fingerprint density at radius 2 is 2.00 bits per heavy atom. The smallest absolute Gasteiger partial charge is 0.244 e. The highest BCUT2D eigenvalue weighted by atomic mass is 16.5. The Kier molecular flexibility index (Phi) is 4.66. The summed E-state index contributed by atoms with van der Waals surface area (Å²) in [4.78, 5) is 11.8. The lowest BCUT2D eigenvalue weighted by atomic mass is 9.89. The molecule has 0 heterocycles. The predicted octanol–water partition coefficient (Wildman–Crippen LogP) is 1.01. The lowest BCUT2D eigenvalue weighted by molar-refractivity contribution is -0.127. The molecule has 0 saturated heterocycles. The van der Waals surface area contributed by atoms with Gasteiger partial charge in [-0.15, -0.1) is 0 Å². The number of rotatable bonds is 6. The van der Waals surface area contributed by atoms with Crippen LogP contribution in [0.3, 0.4) is 0 Å². The molecule has 4 heteroatoms. The van der Waals surface area contributed by atoms with Gasteiger partial charge in [0.15, 0.2) is 0 Å². The zero-order valence-corrected chi connectivity index (χ0v) is 10.6. The first-order valence-electron chi connectivity index (χ1n) is 5.65. The van der Waals surface area contributed by atoms with E-state index in [0.717, 1.165) is 5.56 Å². The van der Waals surface area contributed by atoms with Gasteiger partial charge in [0.25, 0.3) is 0 Å². The van der Waals surface area contributed by atoms with Crippen molar-refractivity contribution in [3.8, 4) is 0 Å². The van der Waals surface area contributed by atoms with Crippen LogP contribution in [0.4, 0.5) is 0 Å². The molecule has 0 aromatic heterocycles. The number of primary amides is 1. The quantitative estimate of drug-likeness (QED) is 0.775. The van der Waals surface area contributed by atoms with Crippen molar-refractivity contribution in [1.82, 2.24) is 5.32 Å². The van der Waals surface area contributed by atoms with Crippen LogP contribution >= 0.6 is 0 Å². The maximum absolute atomic E-state index is 11.8. The molecule has 1 aromatic rings. The van der Waals surface area contributed by atoms with E-state index in [1.165, 1.54) is 0 Å². The normalized spacial score (nSPS) is 14.6. The van der Waals surface area contributed by atoms with Gasteiger partial charge in [-0.1, -0.05) is 30.3 Å².